The Morgan fingerprint density at radius 3 is 2.33 bits per heavy atom. The van der Waals surface area contributed by atoms with Crippen LogP contribution in [0.2, 0.25) is 0 Å². The lowest BCUT2D eigenvalue weighted by Gasteiger charge is -2.46. The summed E-state index contributed by atoms with van der Waals surface area (Å²) < 4.78 is 7.24. The van der Waals surface area contributed by atoms with Crippen molar-refractivity contribution in [1.82, 2.24) is 24.6 Å². The molecular formula is C16H25N5O3. The molecule has 0 radical (unpaired) electrons. The maximum atomic E-state index is 12.6. The highest BCUT2D eigenvalue weighted by atomic mass is 16.6. The molecule has 8 heteroatoms. The second kappa shape index (κ2) is 5.75. The normalized spacial score (nSPS) is 21.3. The van der Waals surface area contributed by atoms with Crippen LogP contribution in [0.3, 0.4) is 0 Å². The van der Waals surface area contributed by atoms with Gasteiger partial charge in [-0.15, -0.1) is 0 Å². The van der Waals surface area contributed by atoms with Crippen molar-refractivity contribution in [3.63, 3.8) is 0 Å². The number of carbonyl (C=O) groups excluding carboxylic acids is 2. The van der Waals surface area contributed by atoms with Gasteiger partial charge >= 0.3 is 6.09 Å². The molecule has 1 atom stereocenters. The van der Waals surface area contributed by atoms with Crippen molar-refractivity contribution in [1.29, 1.82) is 0 Å². The third kappa shape index (κ3) is 3.09. The predicted octanol–water partition coefficient (Wildman–Crippen LogP) is 1.29. The summed E-state index contributed by atoms with van der Waals surface area (Å²) in [6, 6.07) is -0.218. The average molecular weight is 335 g/mol. The van der Waals surface area contributed by atoms with Crippen molar-refractivity contribution in [2.75, 3.05) is 19.6 Å². The Kier molecular flexibility index (Phi) is 4.01. The van der Waals surface area contributed by atoms with Gasteiger partial charge in [-0.05, 0) is 41.0 Å². The van der Waals surface area contributed by atoms with E-state index in [1.807, 2.05) is 39.3 Å². The van der Waals surface area contributed by atoms with Crippen LogP contribution in [-0.4, -0.2) is 67.8 Å². The van der Waals surface area contributed by atoms with Crippen molar-refractivity contribution in [3.05, 3.63) is 11.6 Å². The van der Waals surface area contributed by atoms with Gasteiger partial charge in [-0.2, -0.15) is 5.10 Å². The van der Waals surface area contributed by atoms with Crippen LogP contribution in [0, 0.1) is 13.8 Å². The molecule has 2 saturated heterocycles. The predicted molar refractivity (Wildman–Crippen MR) is 86.5 cm³/mol. The molecule has 132 valence electrons. The molecule has 0 aliphatic carbocycles. The second-order valence-electron chi connectivity index (χ2n) is 7.53. The summed E-state index contributed by atoms with van der Waals surface area (Å²) >= 11 is 0. The standard InChI is InChI=1S/C16H25N5O3/c1-10-17-11(2)21(18-10)12-8-19(9-12)14(22)13-6-7-20(13)15(23)24-16(3,4)5/h12-13H,6-9H2,1-5H3/t13-/m1/s1. The van der Waals surface area contributed by atoms with Crippen molar-refractivity contribution in [2.45, 2.75) is 58.7 Å². The minimum atomic E-state index is -0.551. The lowest BCUT2D eigenvalue weighted by atomic mass is 9.99. The molecular weight excluding hydrogens is 310 g/mol. The number of carbonyl (C=O) groups is 2. The average Bonchev–Trinajstić information content (AvgIpc) is 2.62. The Balaban J connectivity index is 1.55. The van der Waals surface area contributed by atoms with Crippen molar-refractivity contribution < 1.29 is 14.3 Å². The van der Waals surface area contributed by atoms with Gasteiger partial charge in [0.25, 0.3) is 0 Å². The molecule has 3 rings (SSSR count). The molecule has 24 heavy (non-hydrogen) atoms. The van der Waals surface area contributed by atoms with Crippen LogP contribution in [0.15, 0.2) is 0 Å². The molecule has 0 unspecified atom stereocenters. The van der Waals surface area contributed by atoms with E-state index in [0.29, 0.717) is 26.1 Å². The summed E-state index contributed by atoms with van der Waals surface area (Å²) in [5.41, 5.74) is -0.551. The fourth-order valence-corrected chi connectivity index (χ4v) is 3.07. The largest absolute Gasteiger partial charge is 0.444 e. The third-order valence-electron chi connectivity index (χ3n) is 4.36. The van der Waals surface area contributed by atoms with Crippen LogP contribution in [0.1, 0.15) is 44.9 Å². The van der Waals surface area contributed by atoms with Gasteiger partial charge < -0.3 is 9.64 Å². The molecule has 0 aromatic carbocycles. The van der Waals surface area contributed by atoms with Gasteiger partial charge in [0, 0.05) is 19.6 Å². The number of likely N-dealkylation sites (tertiary alicyclic amines) is 2. The first kappa shape index (κ1) is 16.7. The van der Waals surface area contributed by atoms with Gasteiger partial charge in [0.1, 0.15) is 23.3 Å². The van der Waals surface area contributed by atoms with Crippen LogP contribution >= 0.6 is 0 Å². The first-order valence-corrected chi connectivity index (χ1v) is 8.34. The van der Waals surface area contributed by atoms with E-state index in [1.165, 1.54) is 4.90 Å². The summed E-state index contributed by atoms with van der Waals surface area (Å²) in [5.74, 6) is 1.61. The Morgan fingerprint density at radius 2 is 1.88 bits per heavy atom. The third-order valence-corrected chi connectivity index (χ3v) is 4.36. The first-order chi connectivity index (χ1) is 11.2. The van der Waals surface area contributed by atoms with Gasteiger partial charge in [0.05, 0.1) is 6.04 Å². The molecule has 0 saturated carbocycles. The smallest absolute Gasteiger partial charge is 0.410 e. The minimum Gasteiger partial charge on any atom is -0.444 e. The van der Waals surface area contributed by atoms with E-state index in [9.17, 15) is 9.59 Å². The van der Waals surface area contributed by atoms with Crippen LogP contribution in [0.25, 0.3) is 0 Å². The van der Waals surface area contributed by atoms with E-state index in [0.717, 1.165) is 11.6 Å². The summed E-state index contributed by atoms with van der Waals surface area (Å²) in [4.78, 5) is 32.3. The first-order valence-electron chi connectivity index (χ1n) is 8.34. The van der Waals surface area contributed by atoms with E-state index in [2.05, 4.69) is 10.1 Å². The molecule has 2 fully saturated rings. The number of hydrogen-bond acceptors (Lipinski definition) is 5. The molecule has 2 aliphatic rings. The van der Waals surface area contributed by atoms with Gasteiger partial charge in [-0.1, -0.05) is 0 Å². The maximum absolute atomic E-state index is 12.6. The van der Waals surface area contributed by atoms with Gasteiger partial charge in [-0.25, -0.2) is 14.5 Å². The number of hydrogen-bond donors (Lipinski definition) is 0. The summed E-state index contributed by atoms with van der Waals surface area (Å²) in [6.45, 7) is 11.0. The zero-order valence-corrected chi connectivity index (χ0v) is 14.9. The van der Waals surface area contributed by atoms with Crippen LogP contribution in [0.5, 0.6) is 0 Å². The Bertz CT molecular complexity index is 657. The van der Waals surface area contributed by atoms with Crippen LogP contribution in [0.4, 0.5) is 4.79 Å². The van der Waals surface area contributed by atoms with Crippen LogP contribution < -0.4 is 0 Å². The fourth-order valence-electron chi connectivity index (χ4n) is 3.07. The summed E-state index contributed by atoms with van der Waals surface area (Å²) in [7, 11) is 0. The highest BCUT2D eigenvalue weighted by Crippen LogP contribution is 2.28. The zero-order chi connectivity index (χ0) is 17.6. The molecule has 1 aromatic heterocycles. The van der Waals surface area contributed by atoms with Crippen LogP contribution in [-0.2, 0) is 9.53 Å². The molecule has 2 amide bonds. The second-order valence-corrected chi connectivity index (χ2v) is 7.53. The number of nitrogens with zero attached hydrogens (tertiary/aromatic N) is 5. The number of amides is 2. The minimum absolute atomic E-state index is 0.00199. The Labute approximate surface area is 141 Å². The van der Waals surface area contributed by atoms with E-state index >= 15 is 0 Å². The van der Waals surface area contributed by atoms with Crippen molar-refractivity contribution >= 4 is 12.0 Å². The van der Waals surface area contributed by atoms with E-state index in [1.54, 1.807) is 4.90 Å². The molecule has 2 aliphatic heterocycles. The highest BCUT2D eigenvalue weighted by molar-refractivity contribution is 5.88. The molecule has 0 bridgehead atoms. The number of aromatic nitrogens is 3. The van der Waals surface area contributed by atoms with Crippen molar-refractivity contribution in [3.8, 4) is 0 Å². The van der Waals surface area contributed by atoms with Gasteiger partial charge in [0.2, 0.25) is 5.91 Å². The number of aryl methyl sites for hydroxylation is 2. The highest BCUT2D eigenvalue weighted by Gasteiger charge is 2.45. The monoisotopic (exact) mass is 335 g/mol. The maximum Gasteiger partial charge on any atom is 0.410 e. The number of ether oxygens (including phenoxy) is 1. The lowest BCUT2D eigenvalue weighted by Crippen LogP contribution is -2.63. The topological polar surface area (TPSA) is 80.6 Å². The Morgan fingerprint density at radius 1 is 1.21 bits per heavy atom. The number of rotatable bonds is 2. The lowest BCUT2D eigenvalue weighted by molar-refractivity contribution is -0.147. The molecule has 8 nitrogen and oxygen atoms in total. The Hall–Kier alpha value is -2.12. The summed E-state index contributed by atoms with van der Waals surface area (Å²) in [6.07, 6.45) is 0.285. The molecule has 1 aromatic rings. The van der Waals surface area contributed by atoms with Crippen molar-refractivity contribution in [2.24, 2.45) is 0 Å². The van der Waals surface area contributed by atoms with E-state index in [4.69, 9.17) is 4.74 Å². The van der Waals surface area contributed by atoms with Gasteiger partial charge in [0.15, 0.2) is 0 Å². The zero-order valence-electron chi connectivity index (χ0n) is 14.9. The summed E-state index contributed by atoms with van der Waals surface area (Å²) in [5, 5.41) is 4.37. The molecule has 3 heterocycles. The quantitative estimate of drug-likeness (QED) is 0.813. The van der Waals surface area contributed by atoms with E-state index in [-0.39, 0.29) is 18.0 Å². The SMILES string of the molecule is Cc1nc(C)n(C2CN(C(=O)[C@H]3CCN3C(=O)OC(C)(C)C)C2)n1. The van der Waals surface area contributed by atoms with Gasteiger partial charge in [-0.3, -0.25) is 9.69 Å². The fraction of sp³-hybridized carbons (Fsp3) is 0.750. The molecule has 0 spiro atoms. The van der Waals surface area contributed by atoms with E-state index < -0.39 is 11.7 Å². The molecule has 0 N–H and O–H groups in total.